The van der Waals surface area contributed by atoms with Crippen molar-refractivity contribution in [1.29, 1.82) is 0 Å². The second kappa shape index (κ2) is 11.5. The molecule has 3 heterocycles. The largest absolute Gasteiger partial charge is 0.381 e. The van der Waals surface area contributed by atoms with E-state index >= 15 is 0 Å². The van der Waals surface area contributed by atoms with Gasteiger partial charge in [-0.2, -0.15) is 5.10 Å². The van der Waals surface area contributed by atoms with E-state index in [1.165, 1.54) is 50.0 Å². The van der Waals surface area contributed by atoms with Crippen LogP contribution in [-0.2, 0) is 11.2 Å². The molecule has 0 spiro atoms. The first-order chi connectivity index (χ1) is 13.2. The first-order valence-electron chi connectivity index (χ1n) is 10.9. The lowest BCUT2D eigenvalue weighted by Gasteiger charge is -2.27. The maximum Gasteiger partial charge on any atom is 0.0667 e. The van der Waals surface area contributed by atoms with Gasteiger partial charge in [-0.25, -0.2) is 4.52 Å². The van der Waals surface area contributed by atoms with Crippen LogP contribution in [-0.4, -0.2) is 47.9 Å². The zero-order chi connectivity index (χ0) is 19.6. The van der Waals surface area contributed by atoms with Gasteiger partial charge in [0.1, 0.15) is 0 Å². The highest BCUT2D eigenvalue weighted by atomic mass is 16.5. The Balaban J connectivity index is 0.000000178. The Labute approximate surface area is 165 Å². The first-order valence-corrected chi connectivity index (χ1v) is 10.9. The molecule has 4 rings (SSSR count). The molecule has 2 aromatic heterocycles. The highest BCUT2D eigenvalue weighted by molar-refractivity contribution is 5.48. The van der Waals surface area contributed by atoms with Gasteiger partial charge in [0.2, 0.25) is 0 Å². The number of rotatable bonds is 5. The number of fused-ring (bicyclic) bond motifs is 1. The Kier molecular flexibility index (Phi) is 9.29. The molecular weight excluding hydrogens is 334 g/mol. The van der Waals surface area contributed by atoms with Gasteiger partial charge in [0, 0.05) is 32.0 Å². The fourth-order valence-corrected chi connectivity index (χ4v) is 3.56. The van der Waals surface area contributed by atoms with Crippen molar-refractivity contribution >= 4 is 5.52 Å². The SMILES string of the molecule is CC.CCc1cc2cccc(C)n2n1.CN(CC1CCOCC1)CC1CC1. The maximum atomic E-state index is 5.36. The molecule has 2 aliphatic rings. The second-order valence-corrected chi connectivity index (χ2v) is 7.71. The summed E-state index contributed by atoms with van der Waals surface area (Å²) in [5.41, 5.74) is 3.53. The maximum absolute atomic E-state index is 5.36. The van der Waals surface area contributed by atoms with E-state index in [0.29, 0.717) is 0 Å². The molecule has 0 N–H and O–H groups in total. The third-order valence-electron chi connectivity index (χ3n) is 5.27. The number of aryl methyl sites for hydroxylation is 2. The van der Waals surface area contributed by atoms with Crippen LogP contribution >= 0.6 is 0 Å². The Hall–Kier alpha value is -1.39. The van der Waals surface area contributed by atoms with Crippen LogP contribution in [0.2, 0.25) is 0 Å². The predicted molar refractivity (Wildman–Crippen MR) is 114 cm³/mol. The van der Waals surface area contributed by atoms with Crippen molar-refractivity contribution in [2.24, 2.45) is 11.8 Å². The number of ether oxygens (including phenoxy) is 1. The van der Waals surface area contributed by atoms with Crippen molar-refractivity contribution in [1.82, 2.24) is 14.5 Å². The van der Waals surface area contributed by atoms with E-state index in [0.717, 1.165) is 37.2 Å². The quantitative estimate of drug-likeness (QED) is 0.740. The predicted octanol–water partition coefficient (Wildman–Crippen LogP) is 4.99. The van der Waals surface area contributed by atoms with Crippen LogP contribution in [0.1, 0.15) is 57.8 Å². The molecule has 4 heteroatoms. The monoisotopic (exact) mass is 373 g/mol. The smallest absolute Gasteiger partial charge is 0.0667 e. The van der Waals surface area contributed by atoms with E-state index in [4.69, 9.17) is 4.74 Å². The van der Waals surface area contributed by atoms with Gasteiger partial charge in [0.15, 0.2) is 0 Å². The molecule has 0 radical (unpaired) electrons. The van der Waals surface area contributed by atoms with Crippen LogP contribution in [0.15, 0.2) is 24.3 Å². The fourth-order valence-electron chi connectivity index (χ4n) is 3.56. The summed E-state index contributed by atoms with van der Waals surface area (Å²) in [6, 6.07) is 8.34. The number of nitrogens with zero attached hydrogens (tertiary/aromatic N) is 3. The molecule has 1 saturated carbocycles. The van der Waals surface area contributed by atoms with Gasteiger partial charge < -0.3 is 9.64 Å². The van der Waals surface area contributed by atoms with Crippen molar-refractivity contribution in [2.45, 2.75) is 59.8 Å². The minimum atomic E-state index is 0.900. The molecule has 1 aliphatic carbocycles. The molecule has 0 amide bonds. The molecule has 0 atom stereocenters. The second-order valence-electron chi connectivity index (χ2n) is 7.71. The van der Waals surface area contributed by atoms with E-state index in [1.807, 2.05) is 18.4 Å². The standard InChI is InChI=1S/C11H21NO.C10H12N2.C2H6/c1-12(8-10-2-3-10)9-11-4-6-13-7-5-11;1-3-9-7-10-6-4-5-8(2)12(10)11-9;1-2/h10-11H,2-9H2,1H3;4-7H,3H2,1-2H3;1-2H3. The summed E-state index contributed by atoms with van der Waals surface area (Å²) in [5, 5.41) is 4.45. The molecule has 0 bridgehead atoms. The van der Waals surface area contributed by atoms with Gasteiger partial charge in [-0.1, -0.05) is 26.8 Å². The third-order valence-corrected chi connectivity index (χ3v) is 5.27. The number of aromatic nitrogens is 2. The molecule has 152 valence electrons. The summed E-state index contributed by atoms with van der Waals surface area (Å²) in [6.45, 7) is 12.8. The summed E-state index contributed by atoms with van der Waals surface area (Å²) in [6.07, 6.45) is 6.49. The van der Waals surface area contributed by atoms with Gasteiger partial charge in [-0.05, 0) is 76.1 Å². The van der Waals surface area contributed by atoms with Crippen molar-refractivity contribution < 1.29 is 4.74 Å². The summed E-state index contributed by atoms with van der Waals surface area (Å²) >= 11 is 0. The lowest BCUT2D eigenvalue weighted by atomic mass is 10.00. The van der Waals surface area contributed by atoms with Gasteiger partial charge in [0.05, 0.1) is 11.2 Å². The van der Waals surface area contributed by atoms with Crippen LogP contribution < -0.4 is 0 Å². The molecule has 0 unspecified atom stereocenters. The minimum Gasteiger partial charge on any atom is -0.381 e. The van der Waals surface area contributed by atoms with Crippen LogP contribution in [0, 0.1) is 18.8 Å². The average Bonchev–Trinajstić information content (AvgIpc) is 3.39. The molecule has 4 nitrogen and oxygen atoms in total. The lowest BCUT2D eigenvalue weighted by molar-refractivity contribution is 0.0553. The van der Waals surface area contributed by atoms with Crippen LogP contribution in [0.5, 0.6) is 0 Å². The van der Waals surface area contributed by atoms with Gasteiger partial charge in [-0.15, -0.1) is 0 Å². The number of hydrogen-bond donors (Lipinski definition) is 0. The Morgan fingerprint density at radius 1 is 1.07 bits per heavy atom. The topological polar surface area (TPSA) is 29.8 Å². The summed E-state index contributed by atoms with van der Waals surface area (Å²) in [4.78, 5) is 2.52. The molecular formula is C23H39N3O. The van der Waals surface area contributed by atoms with Crippen molar-refractivity contribution in [3.8, 4) is 0 Å². The van der Waals surface area contributed by atoms with E-state index in [-0.39, 0.29) is 0 Å². The van der Waals surface area contributed by atoms with Crippen molar-refractivity contribution in [2.75, 3.05) is 33.4 Å². The number of pyridine rings is 1. The zero-order valence-electron chi connectivity index (χ0n) is 18.1. The Morgan fingerprint density at radius 3 is 2.26 bits per heavy atom. The molecule has 2 fully saturated rings. The van der Waals surface area contributed by atoms with Crippen molar-refractivity contribution in [3.63, 3.8) is 0 Å². The lowest BCUT2D eigenvalue weighted by Crippen LogP contribution is -2.30. The average molecular weight is 374 g/mol. The van der Waals surface area contributed by atoms with E-state index in [9.17, 15) is 0 Å². The molecule has 1 aliphatic heterocycles. The fraction of sp³-hybridized carbons (Fsp3) is 0.696. The minimum absolute atomic E-state index is 0.900. The zero-order valence-corrected chi connectivity index (χ0v) is 18.1. The van der Waals surface area contributed by atoms with Crippen molar-refractivity contribution in [3.05, 3.63) is 35.7 Å². The molecule has 0 aromatic carbocycles. The number of hydrogen-bond acceptors (Lipinski definition) is 3. The summed E-state index contributed by atoms with van der Waals surface area (Å²) in [5.74, 6) is 1.93. The molecule has 2 aromatic rings. The molecule has 1 saturated heterocycles. The van der Waals surface area contributed by atoms with Gasteiger partial charge in [-0.3, -0.25) is 0 Å². The Morgan fingerprint density at radius 2 is 1.70 bits per heavy atom. The third kappa shape index (κ3) is 7.27. The Bertz CT molecular complexity index is 657. The highest BCUT2D eigenvalue weighted by Crippen LogP contribution is 2.29. The first kappa shape index (κ1) is 21.9. The van der Waals surface area contributed by atoms with E-state index in [2.05, 4.69) is 55.2 Å². The van der Waals surface area contributed by atoms with E-state index < -0.39 is 0 Å². The van der Waals surface area contributed by atoms with Crippen LogP contribution in [0.3, 0.4) is 0 Å². The summed E-state index contributed by atoms with van der Waals surface area (Å²) < 4.78 is 7.34. The van der Waals surface area contributed by atoms with Gasteiger partial charge in [0.25, 0.3) is 0 Å². The van der Waals surface area contributed by atoms with Gasteiger partial charge >= 0.3 is 0 Å². The normalized spacial score (nSPS) is 17.3. The van der Waals surface area contributed by atoms with Crippen LogP contribution in [0.25, 0.3) is 5.52 Å². The van der Waals surface area contributed by atoms with Crippen LogP contribution in [0.4, 0.5) is 0 Å². The van der Waals surface area contributed by atoms with E-state index in [1.54, 1.807) is 0 Å². The molecule has 27 heavy (non-hydrogen) atoms. The highest BCUT2D eigenvalue weighted by Gasteiger charge is 2.24. The summed E-state index contributed by atoms with van der Waals surface area (Å²) in [7, 11) is 2.27.